The highest BCUT2D eigenvalue weighted by Gasteiger charge is 2.04. The molecule has 0 fully saturated rings. The minimum atomic E-state index is 0.0741. The molecule has 0 saturated heterocycles. The topological polar surface area (TPSA) is 17.1 Å². The van der Waals surface area contributed by atoms with Gasteiger partial charge in [-0.25, -0.2) is 0 Å². The van der Waals surface area contributed by atoms with Crippen LogP contribution in [-0.2, 0) is 11.2 Å². The first-order valence-corrected chi connectivity index (χ1v) is 5.28. The Morgan fingerprint density at radius 2 is 2.14 bits per heavy atom. The van der Waals surface area contributed by atoms with E-state index in [2.05, 4.69) is 0 Å². The summed E-state index contributed by atoms with van der Waals surface area (Å²) in [5.41, 5.74) is 1.01. The molecule has 0 radical (unpaired) electrons. The van der Waals surface area contributed by atoms with Crippen LogP contribution in [0.4, 0.5) is 0 Å². The standard InChI is InChI=1S/C11H12Cl2O/c1-8(7-14)2-3-9-6-10(12)4-5-11(9)13/h4-8H,2-3H2,1H3. The van der Waals surface area contributed by atoms with E-state index in [1.165, 1.54) is 0 Å². The SMILES string of the molecule is CC(C=O)CCc1cc(Cl)ccc1Cl. The van der Waals surface area contributed by atoms with Crippen molar-refractivity contribution in [2.45, 2.75) is 19.8 Å². The Kier molecular flexibility index (Phi) is 4.43. The summed E-state index contributed by atoms with van der Waals surface area (Å²) >= 11 is 11.8. The summed E-state index contributed by atoms with van der Waals surface area (Å²) in [7, 11) is 0. The normalized spacial score (nSPS) is 12.5. The highest BCUT2D eigenvalue weighted by molar-refractivity contribution is 6.33. The Bertz CT molecular complexity index is 323. The van der Waals surface area contributed by atoms with Crippen molar-refractivity contribution >= 4 is 29.5 Å². The molecule has 76 valence electrons. The first-order valence-electron chi connectivity index (χ1n) is 4.52. The maximum absolute atomic E-state index is 10.4. The van der Waals surface area contributed by atoms with Crippen LogP contribution >= 0.6 is 23.2 Å². The second-order valence-corrected chi connectivity index (χ2v) is 4.23. The second-order valence-electron chi connectivity index (χ2n) is 3.39. The molecule has 1 aromatic carbocycles. The monoisotopic (exact) mass is 230 g/mol. The number of benzene rings is 1. The number of rotatable bonds is 4. The number of aldehydes is 1. The van der Waals surface area contributed by atoms with Gasteiger partial charge in [0.2, 0.25) is 0 Å². The predicted octanol–water partition coefficient (Wildman–Crippen LogP) is 3.76. The lowest BCUT2D eigenvalue weighted by Crippen LogP contribution is -1.98. The van der Waals surface area contributed by atoms with Crippen molar-refractivity contribution in [3.05, 3.63) is 33.8 Å². The van der Waals surface area contributed by atoms with Crippen molar-refractivity contribution in [1.82, 2.24) is 0 Å². The van der Waals surface area contributed by atoms with E-state index in [9.17, 15) is 4.79 Å². The van der Waals surface area contributed by atoms with Crippen LogP contribution in [0.3, 0.4) is 0 Å². The molecule has 0 aromatic heterocycles. The number of hydrogen-bond donors (Lipinski definition) is 0. The molecule has 0 spiro atoms. The maximum atomic E-state index is 10.4. The van der Waals surface area contributed by atoms with Gasteiger partial charge in [-0.15, -0.1) is 0 Å². The van der Waals surface area contributed by atoms with Gasteiger partial charge in [-0.1, -0.05) is 30.1 Å². The summed E-state index contributed by atoms with van der Waals surface area (Å²) < 4.78 is 0. The third kappa shape index (κ3) is 3.32. The van der Waals surface area contributed by atoms with Gasteiger partial charge >= 0.3 is 0 Å². The third-order valence-corrected chi connectivity index (χ3v) is 2.71. The molecule has 0 N–H and O–H groups in total. The molecule has 1 atom stereocenters. The largest absolute Gasteiger partial charge is 0.303 e. The minimum absolute atomic E-state index is 0.0741. The Labute approximate surface area is 94.0 Å². The lowest BCUT2D eigenvalue weighted by atomic mass is 10.0. The molecular formula is C11H12Cl2O. The van der Waals surface area contributed by atoms with Crippen molar-refractivity contribution in [2.24, 2.45) is 5.92 Å². The van der Waals surface area contributed by atoms with Gasteiger partial charge in [0.25, 0.3) is 0 Å². The molecule has 3 heteroatoms. The zero-order valence-corrected chi connectivity index (χ0v) is 9.48. The van der Waals surface area contributed by atoms with E-state index in [1.807, 2.05) is 13.0 Å². The van der Waals surface area contributed by atoms with Crippen LogP contribution in [-0.4, -0.2) is 6.29 Å². The second kappa shape index (κ2) is 5.38. The number of hydrogen-bond acceptors (Lipinski definition) is 1. The number of carbonyl (C=O) groups excluding carboxylic acids is 1. The van der Waals surface area contributed by atoms with Crippen LogP contribution in [0.15, 0.2) is 18.2 Å². The Morgan fingerprint density at radius 3 is 2.79 bits per heavy atom. The molecule has 14 heavy (non-hydrogen) atoms. The van der Waals surface area contributed by atoms with E-state index >= 15 is 0 Å². The summed E-state index contributed by atoms with van der Waals surface area (Å²) in [4.78, 5) is 10.4. The van der Waals surface area contributed by atoms with E-state index in [1.54, 1.807) is 12.1 Å². The van der Waals surface area contributed by atoms with Gasteiger partial charge in [-0.05, 0) is 36.6 Å². The van der Waals surface area contributed by atoms with E-state index in [4.69, 9.17) is 23.2 Å². The third-order valence-electron chi connectivity index (χ3n) is 2.11. The Morgan fingerprint density at radius 1 is 1.43 bits per heavy atom. The molecule has 0 aliphatic carbocycles. The van der Waals surface area contributed by atoms with Crippen LogP contribution in [0.1, 0.15) is 18.9 Å². The molecule has 0 amide bonds. The van der Waals surface area contributed by atoms with E-state index in [0.717, 1.165) is 24.7 Å². The molecule has 1 nitrogen and oxygen atoms in total. The Balaban J connectivity index is 2.66. The van der Waals surface area contributed by atoms with Gasteiger partial charge in [0.1, 0.15) is 6.29 Å². The zero-order chi connectivity index (χ0) is 10.6. The summed E-state index contributed by atoms with van der Waals surface area (Å²) in [5, 5.41) is 1.40. The van der Waals surface area contributed by atoms with Crippen LogP contribution < -0.4 is 0 Å². The Hall–Kier alpha value is -0.530. The molecule has 0 heterocycles. The average Bonchev–Trinajstić information content (AvgIpc) is 2.19. The van der Waals surface area contributed by atoms with Crippen molar-refractivity contribution < 1.29 is 4.79 Å². The molecule has 0 aliphatic heterocycles. The van der Waals surface area contributed by atoms with Crippen molar-refractivity contribution in [2.75, 3.05) is 0 Å². The lowest BCUT2D eigenvalue weighted by molar-refractivity contribution is -0.110. The number of aryl methyl sites for hydroxylation is 1. The first-order chi connectivity index (χ1) is 6.63. The van der Waals surface area contributed by atoms with Crippen LogP contribution in [0, 0.1) is 5.92 Å². The lowest BCUT2D eigenvalue weighted by Gasteiger charge is -2.06. The van der Waals surface area contributed by atoms with Gasteiger partial charge in [0.05, 0.1) is 0 Å². The van der Waals surface area contributed by atoms with Crippen molar-refractivity contribution in [1.29, 1.82) is 0 Å². The molecule has 1 rings (SSSR count). The van der Waals surface area contributed by atoms with Gasteiger partial charge < -0.3 is 4.79 Å². The fourth-order valence-electron chi connectivity index (χ4n) is 1.19. The van der Waals surface area contributed by atoms with Crippen LogP contribution in [0.5, 0.6) is 0 Å². The molecule has 1 aromatic rings. The van der Waals surface area contributed by atoms with Crippen molar-refractivity contribution in [3.8, 4) is 0 Å². The molecule has 0 aliphatic rings. The van der Waals surface area contributed by atoms with E-state index < -0.39 is 0 Å². The predicted molar refractivity (Wildman–Crippen MR) is 60.0 cm³/mol. The molecular weight excluding hydrogens is 219 g/mol. The van der Waals surface area contributed by atoms with Gasteiger partial charge in [-0.2, -0.15) is 0 Å². The summed E-state index contributed by atoms with van der Waals surface area (Å²) in [6.45, 7) is 1.89. The highest BCUT2D eigenvalue weighted by atomic mass is 35.5. The zero-order valence-electron chi connectivity index (χ0n) is 7.97. The smallest absolute Gasteiger partial charge is 0.122 e. The van der Waals surface area contributed by atoms with Gasteiger partial charge in [0.15, 0.2) is 0 Å². The van der Waals surface area contributed by atoms with Crippen LogP contribution in [0.2, 0.25) is 10.0 Å². The summed E-state index contributed by atoms with van der Waals surface area (Å²) in [6.07, 6.45) is 2.56. The summed E-state index contributed by atoms with van der Waals surface area (Å²) in [5.74, 6) is 0.0741. The quantitative estimate of drug-likeness (QED) is 0.721. The van der Waals surface area contributed by atoms with Gasteiger partial charge in [0, 0.05) is 16.0 Å². The fraction of sp³-hybridized carbons (Fsp3) is 0.364. The fourth-order valence-corrected chi connectivity index (χ4v) is 1.59. The van der Waals surface area contributed by atoms with E-state index in [0.29, 0.717) is 10.0 Å². The first kappa shape index (κ1) is 11.5. The highest BCUT2D eigenvalue weighted by Crippen LogP contribution is 2.22. The summed E-state index contributed by atoms with van der Waals surface area (Å²) in [6, 6.07) is 5.39. The molecule has 0 saturated carbocycles. The number of halogens is 2. The minimum Gasteiger partial charge on any atom is -0.303 e. The van der Waals surface area contributed by atoms with Crippen LogP contribution in [0.25, 0.3) is 0 Å². The average molecular weight is 231 g/mol. The van der Waals surface area contributed by atoms with E-state index in [-0.39, 0.29) is 5.92 Å². The maximum Gasteiger partial charge on any atom is 0.122 e. The van der Waals surface area contributed by atoms with Crippen molar-refractivity contribution in [3.63, 3.8) is 0 Å². The molecule has 1 unspecified atom stereocenters. The van der Waals surface area contributed by atoms with Gasteiger partial charge in [-0.3, -0.25) is 0 Å². The number of carbonyl (C=O) groups is 1. The molecule has 0 bridgehead atoms.